The van der Waals surface area contributed by atoms with Crippen LogP contribution in [0.5, 0.6) is 5.75 Å². The molecular weight excluding hydrogens is 256 g/mol. The molecule has 0 saturated heterocycles. The first-order valence-electron chi connectivity index (χ1n) is 6.27. The van der Waals surface area contributed by atoms with Gasteiger partial charge in [-0.05, 0) is 17.7 Å². The fourth-order valence-electron chi connectivity index (χ4n) is 2.52. The Morgan fingerprint density at radius 1 is 1.26 bits per heavy atom. The van der Waals surface area contributed by atoms with Crippen molar-refractivity contribution in [3.63, 3.8) is 0 Å². The highest BCUT2D eigenvalue weighted by molar-refractivity contribution is 7.10. The highest BCUT2D eigenvalue weighted by Crippen LogP contribution is 2.23. The summed E-state index contributed by atoms with van der Waals surface area (Å²) in [4.78, 5) is 1.23. The summed E-state index contributed by atoms with van der Waals surface area (Å²) in [5.41, 5.74) is 2.29. The third-order valence-electron chi connectivity index (χ3n) is 3.48. The Kier molecular flexibility index (Phi) is 2.37. The van der Waals surface area contributed by atoms with E-state index in [1.165, 1.54) is 15.0 Å². The average Bonchev–Trinajstić information content (AvgIpc) is 2.63. The molecule has 94 valence electrons. The Bertz CT molecular complexity index is 799. The molecule has 19 heavy (non-hydrogen) atoms. The molecule has 0 bridgehead atoms. The van der Waals surface area contributed by atoms with Crippen molar-refractivity contribution in [2.45, 2.75) is 12.5 Å². The van der Waals surface area contributed by atoms with Crippen LogP contribution in [0, 0.1) is 0 Å². The van der Waals surface area contributed by atoms with Crippen LogP contribution >= 0.6 is 11.3 Å². The van der Waals surface area contributed by atoms with E-state index in [-0.39, 0.29) is 6.10 Å². The van der Waals surface area contributed by atoms with Gasteiger partial charge in [0.1, 0.15) is 12.0 Å². The van der Waals surface area contributed by atoms with Gasteiger partial charge in [0.05, 0.1) is 6.10 Å². The minimum Gasteiger partial charge on any atom is -0.464 e. The quantitative estimate of drug-likeness (QED) is 0.787. The summed E-state index contributed by atoms with van der Waals surface area (Å²) >= 11 is 1.74. The molecule has 1 atom stereocenters. The first-order valence-corrected chi connectivity index (χ1v) is 7.08. The molecule has 2 nitrogen and oxygen atoms in total. The summed E-state index contributed by atoms with van der Waals surface area (Å²) in [6, 6.07) is 8.03. The molecule has 0 fully saturated rings. The molecule has 1 aliphatic heterocycles. The van der Waals surface area contributed by atoms with Crippen molar-refractivity contribution in [1.29, 1.82) is 0 Å². The highest BCUT2D eigenvalue weighted by atomic mass is 32.1. The molecular formula is C16H12O2S. The van der Waals surface area contributed by atoms with Gasteiger partial charge in [0.2, 0.25) is 0 Å². The summed E-state index contributed by atoms with van der Waals surface area (Å²) in [5, 5.41) is 10.8. The van der Waals surface area contributed by atoms with Crippen molar-refractivity contribution in [1.82, 2.24) is 0 Å². The molecule has 2 aromatic rings. The Hall–Kier alpha value is -1.84. The number of hydrogen-bond donors (Lipinski definition) is 1. The summed E-state index contributed by atoms with van der Waals surface area (Å²) in [7, 11) is 0. The van der Waals surface area contributed by atoms with Crippen LogP contribution in [0.1, 0.15) is 16.0 Å². The maximum Gasteiger partial charge on any atom is 0.133 e. The Balaban J connectivity index is 2.00. The fraction of sp³-hybridized carbons (Fsp3) is 0.125. The molecule has 1 N–H and O–H groups in total. The SMILES string of the molecule is OC1C=Cc2c(sc3c2=COc2ccccc2C=3)C1. The molecule has 1 aliphatic carbocycles. The number of rotatable bonds is 0. The standard InChI is InChI=1S/C16H12O2S/c17-11-5-6-12-13-9-18-14-4-2-1-3-10(14)7-15(13)19-16(12)8-11/h1-7,9,11,17H,8H2. The molecule has 3 heteroatoms. The zero-order valence-corrected chi connectivity index (χ0v) is 11.0. The Labute approximate surface area is 114 Å². The Morgan fingerprint density at radius 3 is 3.11 bits per heavy atom. The van der Waals surface area contributed by atoms with Crippen molar-refractivity contribution >= 4 is 29.8 Å². The van der Waals surface area contributed by atoms with Crippen LogP contribution in [0.2, 0.25) is 0 Å². The first-order chi connectivity index (χ1) is 9.31. The topological polar surface area (TPSA) is 29.5 Å². The van der Waals surface area contributed by atoms with Gasteiger partial charge >= 0.3 is 0 Å². The lowest BCUT2D eigenvalue weighted by Gasteiger charge is -2.10. The predicted octanol–water partition coefficient (Wildman–Crippen LogP) is 1.64. The van der Waals surface area contributed by atoms with Crippen molar-refractivity contribution < 1.29 is 9.84 Å². The minimum atomic E-state index is -0.358. The second-order valence-electron chi connectivity index (χ2n) is 4.77. The first kappa shape index (κ1) is 11.0. The smallest absolute Gasteiger partial charge is 0.133 e. The van der Waals surface area contributed by atoms with Gasteiger partial charge in [-0.1, -0.05) is 30.4 Å². The van der Waals surface area contributed by atoms with Gasteiger partial charge in [0.15, 0.2) is 0 Å². The van der Waals surface area contributed by atoms with Crippen LogP contribution in [-0.4, -0.2) is 11.2 Å². The number of ether oxygens (including phenoxy) is 1. The number of fused-ring (bicyclic) bond motifs is 4. The zero-order valence-electron chi connectivity index (χ0n) is 10.2. The lowest BCUT2D eigenvalue weighted by molar-refractivity contribution is 0.224. The van der Waals surface area contributed by atoms with E-state index >= 15 is 0 Å². The second kappa shape index (κ2) is 4.08. The number of hydrogen-bond acceptors (Lipinski definition) is 3. The lowest BCUT2D eigenvalue weighted by Crippen LogP contribution is -2.22. The highest BCUT2D eigenvalue weighted by Gasteiger charge is 2.16. The molecule has 0 amide bonds. The van der Waals surface area contributed by atoms with E-state index in [0.29, 0.717) is 6.42 Å². The van der Waals surface area contributed by atoms with Gasteiger partial charge in [0.25, 0.3) is 0 Å². The average molecular weight is 268 g/mol. The summed E-state index contributed by atoms with van der Waals surface area (Å²) in [6.07, 6.45) is 8.19. The van der Waals surface area contributed by atoms with Crippen molar-refractivity contribution in [3.8, 4) is 5.75 Å². The van der Waals surface area contributed by atoms with E-state index in [1.807, 2.05) is 36.6 Å². The molecule has 2 aliphatic rings. The number of para-hydroxylation sites is 1. The summed E-state index contributed by atoms with van der Waals surface area (Å²) in [6.45, 7) is 0. The molecule has 1 aromatic carbocycles. The largest absolute Gasteiger partial charge is 0.464 e. The normalized spacial score (nSPS) is 19.1. The molecule has 1 aromatic heterocycles. The van der Waals surface area contributed by atoms with Crippen molar-refractivity contribution in [2.24, 2.45) is 0 Å². The van der Waals surface area contributed by atoms with E-state index in [9.17, 15) is 5.11 Å². The summed E-state index contributed by atoms with van der Waals surface area (Å²) < 4.78 is 6.98. The van der Waals surface area contributed by atoms with Crippen LogP contribution in [0.25, 0.3) is 18.4 Å². The minimum absolute atomic E-state index is 0.358. The van der Waals surface area contributed by atoms with Crippen LogP contribution < -0.4 is 14.5 Å². The van der Waals surface area contributed by atoms with Gasteiger partial charge < -0.3 is 9.84 Å². The molecule has 4 rings (SSSR count). The zero-order chi connectivity index (χ0) is 12.8. The molecule has 0 saturated carbocycles. The number of thiophene rings is 1. The number of benzene rings is 1. The van der Waals surface area contributed by atoms with Crippen molar-refractivity contribution in [3.05, 3.63) is 56.1 Å². The number of aliphatic hydroxyl groups is 1. The van der Waals surface area contributed by atoms with Crippen LogP contribution in [0.4, 0.5) is 0 Å². The van der Waals surface area contributed by atoms with Crippen LogP contribution in [0.15, 0.2) is 30.3 Å². The molecule has 0 spiro atoms. The van der Waals surface area contributed by atoms with Gasteiger partial charge in [-0.2, -0.15) is 0 Å². The van der Waals surface area contributed by atoms with Crippen LogP contribution in [-0.2, 0) is 6.42 Å². The monoisotopic (exact) mass is 268 g/mol. The van der Waals surface area contributed by atoms with E-state index in [1.54, 1.807) is 11.3 Å². The predicted molar refractivity (Wildman–Crippen MR) is 77.4 cm³/mol. The summed E-state index contributed by atoms with van der Waals surface area (Å²) in [5.74, 6) is 0.888. The van der Waals surface area contributed by atoms with E-state index in [0.717, 1.165) is 16.5 Å². The maximum absolute atomic E-state index is 9.70. The maximum atomic E-state index is 9.70. The molecule has 2 heterocycles. The van der Waals surface area contributed by atoms with Crippen LogP contribution in [0.3, 0.4) is 0 Å². The second-order valence-corrected chi connectivity index (χ2v) is 5.90. The van der Waals surface area contributed by atoms with Gasteiger partial charge in [-0.3, -0.25) is 0 Å². The number of aliphatic hydroxyl groups excluding tert-OH is 1. The van der Waals surface area contributed by atoms with Crippen molar-refractivity contribution in [2.75, 3.05) is 0 Å². The molecule has 1 unspecified atom stereocenters. The van der Waals surface area contributed by atoms with E-state index in [2.05, 4.69) is 12.1 Å². The fourth-order valence-corrected chi connectivity index (χ4v) is 3.79. The van der Waals surface area contributed by atoms with Gasteiger partial charge in [-0.15, -0.1) is 11.3 Å². The lowest BCUT2D eigenvalue weighted by atomic mass is 10.0. The third kappa shape index (κ3) is 1.74. The molecule has 0 radical (unpaired) electrons. The third-order valence-corrected chi connectivity index (χ3v) is 4.67. The van der Waals surface area contributed by atoms with Gasteiger partial charge in [0, 0.05) is 26.6 Å². The van der Waals surface area contributed by atoms with E-state index < -0.39 is 0 Å². The Morgan fingerprint density at radius 2 is 2.16 bits per heavy atom. The van der Waals surface area contributed by atoms with Gasteiger partial charge in [-0.25, -0.2) is 0 Å². The van der Waals surface area contributed by atoms with E-state index in [4.69, 9.17) is 4.74 Å².